The molecule has 0 bridgehead atoms. The van der Waals surface area contributed by atoms with Crippen LogP contribution in [0.25, 0.3) is 21.8 Å². The molecule has 7 heteroatoms. The van der Waals surface area contributed by atoms with Crippen molar-refractivity contribution in [3.63, 3.8) is 0 Å². The summed E-state index contributed by atoms with van der Waals surface area (Å²) in [6, 6.07) is 14.0. The lowest BCUT2D eigenvalue weighted by Crippen LogP contribution is -2.31. The number of rotatable bonds is 15. The fraction of sp³-hybridized carbons (Fsp3) is 0.613. The molecular formula is C31H45B2NO4. The van der Waals surface area contributed by atoms with Crippen LogP contribution in [0, 0.1) is 0 Å². The first-order valence-electron chi connectivity index (χ1n) is 15.3. The molecular weight excluding hydrogens is 472 g/mol. The summed E-state index contributed by atoms with van der Waals surface area (Å²) in [4.78, 5) is 0. The SMILES string of the molecule is CCCCCCCC(CCCCCCC)n1c2cc(B3OCCO3)ccc2c2ccc(B3OCCO3)cc21. The minimum atomic E-state index is -0.261. The molecule has 0 aliphatic carbocycles. The van der Waals surface area contributed by atoms with Crippen molar-refractivity contribution in [1.82, 2.24) is 4.57 Å². The van der Waals surface area contributed by atoms with Crippen molar-refractivity contribution in [3.05, 3.63) is 36.4 Å². The molecule has 38 heavy (non-hydrogen) atoms. The van der Waals surface area contributed by atoms with Crippen LogP contribution in [0.3, 0.4) is 0 Å². The molecule has 0 saturated carbocycles. The highest BCUT2D eigenvalue weighted by molar-refractivity contribution is 6.62. The maximum absolute atomic E-state index is 5.89. The zero-order valence-corrected chi connectivity index (χ0v) is 23.6. The standard InChI is InChI=1S/C31H45B2NO4/c1-3-5-7-9-11-13-27(14-12-10-8-6-4-2)34-30-23-25(32-35-19-20-36-32)15-17-28(30)29-18-16-26(24-31(29)34)33-37-21-22-38-33/h15-18,23-24,27H,3-14,19-22H2,1-2H3. The molecule has 1 aromatic heterocycles. The van der Waals surface area contributed by atoms with Gasteiger partial charge in [-0.2, -0.15) is 0 Å². The molecule has 0 atom stereocenters. The second-order valence-corrected chi connectivity index (χ2v) is 11.1. The first-order chi connectivity index (χ1) is 18.8. The third kappa shape index (κ3) is 6.50. The number of hydrogen-bond acceptors (Lipinski definition) is 4. The molecule has 204 valence electrons. The summed E-state index contributed by atoms with van der Waals surface area (Å²) in [5.74, 6) is 0. The number of fused-ring (bicyclic) bond motifs is 3. The summed E-state index contributed by atoms with van der Waals surface area (Å²) in [5, 5.41) is 2.62. The zero-order chi connectivity index (χ0) is 26.2. The van der Waals surface area contributed by atoms with Gasteiger partial charge in [0.25, 0.3) is 0 Å². The van der Waals surface area contributed by atoms with Gasteiger partial charge in [-0.15, -0.1) is 0 Å². The summed E-state index contributed by atoms with van der Waals surface area (Å²) in [7, 11) is -0.522. The van der Waals surface area contributed by atoms with Crippen molar-refractivity contribution < 1.29 is 18.6 Å². The van der Waals surface area contributed by atoms with Gasteiger partial charge in [0.2, 0.25) is 0 Å². The maximum Gasteiger partial charge on any atom is 0.494 e. The first-order valence-corrected chi connectivity index (χ1v) is 15.3. The summed E-state index contributed by atoms with van der Waals surface area (Å²) >= 11 is 0. The van der Waals surface area contributed by atoms with Crippen molar-refractivity contribution in [1.29, 1.82) is 0 Å². The van der Waals surface area contributed by atoms with E-state index in [1.165, 1.54) is 98.9 Å². The number of hydrogen-bond donors (Lipinski definition) is 0. The van der Waals surface area contributed by atoms with E-state index in [0.717, 1.165) is 10.9 Å². The lowest BCUT2D eigenvalue weighted by atomic mass is 9.78. The van der Waals surface area contributed by atoms with Gasteiger partial charge in [-0.05, 0) is 35.9 Å². The Morgan fingerprint density at radius 3 is 1.45 bits per heavy atom. The van der Waals surface area contributed by atoms with Gasteiger partial charge in [0.05, 0.1) is 26.4 Å². The fourth-order valence-corrected chi connectivity index (χ4v) is 6.24. The van der Waals surface area contributed by atoms with E-state index in [4.69, 9.17) is 18.6 Å². The molecule has 3 heterocycles. The summed E-state index contributed by atoms with van der Waals surface area (Å²) in [5.41, 5.74) is 4.83. The minimum absolute atomic E-state index is 0.261. The molecule has 2 aliphatic rings. The van der Waals surface area contributed by atoms with Crippen LogP contribution in [0.4, 0.5) is 0 Å². The van der Waals surface area contributed by atoms with Crippen LogP contribution < -0.4 is 10.9 Å². The van der Waals surface area contributed by atoms with Crippen LogP contribution in [-0.4, -0.2) is 45.2 Å². The van der Waals surface area contributed by atoms with E-state index in [9.17, 15) is 0 Å². The number of benzene rings is 2. The third-order valence-corrected chi connectivity index (χ3v) is 8.29. The Kier molecular flexibility index (Phi) is 10.2. The molecule has 2 aliphatic heterocycles. The summed E-state index contributed by atoms with van der Waals surface area (Å²) in [6.45, 7) is 7.23. The highest BCUT2D eigenvalue weighted by atomic mass is 16.6. The van der Waals surface area contributed by atoms with Crippen LogP contribution in [0.1, 0.15) is 96.9 Å². The quantitative estimate of drug-likeness (QED) is 0.170. The smallest absolute Gasteiger partial charge is 0.405 e. The van der Waals surface area contributed by atoms with E-state index in [1.807, 2.05) is 0 Å². The molecule has 2 fully saturated rings. The molecule has 5 rings (SSSR count). The van der Waals surface area contributed by atoms with Gasteiger partial charge >= 0.3 is 14.2 Å². The van der Waals surface area contributed by atoms with Gasteiger partial charge < -0.3 is 23.2 Å². The summed E-state index contributed by atoms with van der Waals surface area (Å²) in [6.07, 6.45) is 15.6. The second kappa shape index (κ2) is 14.0. The normalized spacial score (nSPS) is 16.2. The highest BCUT2D eigenvalue weighted by Gasteiger charge is 2.30. The Labute approximate surface area is 229 Å². The van der Waals surface area contributed by atoms with Gasteiger partial charge in [0.15, 0.2) is 0 Å². The van der Waals surface area contributed by atoms with Crippen LogP contribution >= 0.6 is 0 Å². The third-order valence-electron chi connectivity index (χ3n) is 8.29. The van der Waals surface area contributed by atoms with Crippen LogP contribution in [0.2, 0.25) is 0 Å². The van der Waals surface area contributed by atoms with Gasteiger partial charge in [0, 0.05) is 27.8 Å². The Bertz CT molecular complexity index is 1070. The van der Waals surface area contributed by atoms with Gasteiger partial charge in [-0.25, -0.2) is 0 Å². The van der Waals surface area contributed by atoms with Gasteiger partial charge in [-0.1, -0.05) is 102 Å². The average Bonchev–Trinajstić information content (AvgIpc) is 3.72. The van der Waals surface area contributed by atoms with Crippen molar-refractivity contribution in [2.24, 2.45) is 0 Å². The van der Waals surface area contributed by atoms with Crippen LogP contribution in [-0.2, 0) is 18.6 Å². The number of aromatic nitrogens is 1. The van der Waals surface area contributed by atoms with Crippen molar-refractivity contribution in [2.75, 3.05) is 26.4 Å². The molecule has 0 spiro atoms. The Morgan fingerprint density at radius 1 is 0.605 bits per heavy atom. The van der Waals surface area contributed by atoms with E-state index in [2.05, 4.69) is 54.8 Å². The Morgan fingerprint density at radius 2 is 1.03 bits per heavy atom. The molecule has 0 amide bonds. The minimum Gasteiger partial charge on any atom is -0.405 e. The summed E-state index contributed by atoms with van der Waals surface area (Å²) < 4.78 is 26.2. The van der Waals surface area contributed by atoms with Crippen LogP contribution in [0.5, 0.6) is 0 Å². The Hall–Kier alpha value is -1.79. The molecule has 2 saturated heterocycles. The molecule has 2 aromatic carbocycles. The zero-order valence-electron chi connectivity index (χ0n) is 23.6. The van der Waals surface area contributed by atoms with Crippen molar-refractivity contribution >= 4 is 47.0 Å². The van der Waals surface area contributed by atoms with E-state index in [-0.39, 0.29) is 14.2 Å². The average molecular weight is 517 g/mol. The lowest BCUT2D eigenvalue weighted by Gasteiger charge is -2.22. The number of nitrogens with zero attached hydrogens (tertiary/aromatic N) is 1. The fourth-order valence-electron chi connectivity index (χ4n) is 6.24. The molecule has 0 unspecified atom stereocenters. The largest absolute Gasteiger partial charge is 0.494 e. The Balaban J connectivity index is 1.53. The molecule has 3 aromatic rings. The molecule has 0 N–H and O–H groups in total. The number of unbranched alkanes of at least 4 members (excludes halogenated alkanes) is 8. The highest BCUT2D eigenvalue weighted by Crippen LogP contribution is 2.35. The second-order valence-electron chi connectivity index (χ2n) is 11.1. The monoisotopic (exact) mass is 517 g/mol. The van der Waals surface area contributed by atoms with Gasteiger partial charge in [-0.3, -0.25) is 0 Å². The molecule has 5 nitrogen and oxygen atoms in total. The van der Waals surface area contributed by atoms with E-state index >= 15 is 0 Å². The predicted octanol–water partition coefficient (Wildman–Crippen LogP) is 6.54. The van der Waals surface area contributed by atoms with E-state index in [0.29, 0.717) is 32.5 Å². The van der Waals surface area contributed by atoms with Gasteiger partial charge in [0.1, 0.15) is 0 Å². The molecule has 0 radical (unpaired) electrons. The van der Waals surface area contributed by atoms with E-state index < -0.39 is 0 Å². The van der Waals surface area contributed by atoms with Crippen molar-refractivity contribution in [2.45, 2.75) is 96.9 Å². The van der Waals surface area contributed by atoms with Crippen LogP contribution in [0.15, 0.2) is 36.4 Å². The van der Waals surface area contributed by atoms with E-state index in [1.54, 1.807) is 0 Å². The van der Waals surface area contributed by atoms with Crippen molar-refractivity contribution in [3.8, 4) is 0 Å². The lowest BCUT2D eigenvalue weighted by molar-refractivity contribution is 0.365. The maximum atomic E-state index is 5.89. The predicted molar refractivity (Wildman–Crippen MR) is 160 cm³/mol. The first kappa shape index (κ1) is 27.8. The topological polar surface area (TPSA) is 41.9 Å².